The minimum Gasteiger partial charge on any atom is -0.348 e. The molecule has 3 saturated carbocycles. The van der Waals surface area contributed by atoms with Gasteiger partial charge in [0.25, 0.3) is 0 Å². The van der Waals surface area contributed by atoms with E-state index in [4.69, 9.17) is 48.2 Å². The van der Waals surface area contributed by atoms with E-state index in [2.05, 4.69) is 20.8 Å². The van der Waals surface area contributed by atoms with Gasteiger partial charge in [0.1, 0.15) is 23.1 Å². The number of rotatable bonds is 20. The van der Waals surface area contributed by atoms with Crippen molar-refractivity contribution in [3.63, 3.8) is 0 Å². The van der Waals surface area contributed by atoms with Crippen molar-refractivity contribution >= 4 is 94.0 Å². The minimum absolute atomic E-state index is 0.0269. The van der Waals surface area contributed by atoms with Crippen molar-refractivity contribution in [2.75, 3.05) is 13.2 Å². The van der Waals surface area contributed by atoms with Crippen LogP contribution in [0.5, 0.6) is 0 Å². The van der Waals surface area contributed by atoms with Crippen LogP contribution in [0.1, 0.15) is 152 Å². The molecule has 0 aromatic rings. The van der Waals surface area contributed by atoms with E-state index in [1.54, 1.807) is 0 Å². The molecule has 3 aliphatic carbocycles. The Bertz CT molecular complexity index is 1130. The number of Topliss-reactive ketones (excluding diaryl/α,β-unsaturated/α-hetero) is 4. The van der Waals surface area contributed by atoms with Crippen LogP contribution in [0.2, 0.25) is 12.1 Å². The van der Waals surface area contributed by atoms with Gasteiger partial charge in [-0.05, 0) is 83.5 Å². The van der Waals surface area contributed by atoms with Crippen LogP contribution in [-0.4, -0.2) is 113 Å². The van der Waals surface area contributed by atoms with Gasteiger partial charge in [-0.25, -0.2) is 0 Å². The summed E-state index contributed by atoms with van der Waals surface area (Å²) in [6, 6.07) is 0. The van der Waals surface area contributed by atoms with Crippen molar-refractivity contribution < 1.29 is 28.7 Å². The van der Waals surface area contributed by atoms with Crippen LogP contribution >= 0.6 is 0 Å². The summed E-state index contributed by atoms with van der Waals surface area (Å²) in [5.41, 5.74) is -0.791. The average molecular weight is 713 g/mol. The van der Waals surface area contributed by atoms with Gasteiger partial charge >= 0.3 is 0 Å². The fourth-order valence-corrected chi connectivity index (χ4v) is 8.29. The molecule has 278 valence electrons. The van der Waals surface area contributed by atoms with Gasteiger partial charge in [-0.2, -0.15) is 0 Å². The van der Waals surface area contributed by atoms with Crippen LogP contribution in [0.3, 0.4) is 0 Å². The first-order valence-electron chi connectivity index (χ1n) is 21.0. The fourth-order valence-electron chi connectivity index (χ4n) is 8.29. The number of ether oxygens (including phenoxy) is 2. The average Bonchev–Trinajstić information content (AvgIpc) is 3.89. The molecule has 0 aromatic carbocycles. The molecule has 0 bridgehead atoms. The lowest BCUT2D eigenvalue weighted by molar-refractivity contribution is -0.160. The maximum Gasteiger partial charge on any atom is 0.167 e. The first-order valence-corrected chi connectivity index (χ1v) is 21.0. The van der Waals surface area contributed by atoms with Crippen molar-refractivity contribution in [2.24, 2.45) is 28.6 Å². The number of hydrogen-bond donors (Lipinski definition) is 0. The highest BCUT2D eigenvalue weighted by Gasteiger charge is 2.55. The molecule has 53 heavy (non-hydrogen) atoms. The second-order valence-electron chi connectivity index (χ2n) is 17.1. The summed E-state index contributed by atoms with van der Waals surface area (Å²) >= 11 is 0. The van der Waals surface area contributed by atoms with E-state index in [0.717, 1.165) is 63.5 Å². The summed E-state index contributed by atoms with van der Waals surface area (Å²) in [6.07, 6.45) is 14.6. The zero-order valence-electron chi connectivity index (χ0n) is 34.8. The summed E-state index contributed by atoms with van der Waals surface area (Å²) in [5, 5.41) is 0. The lowest BCUT2D eigenvalue weighted by Gasteiger charge is -2.30. The zero-order valence-corrected chi connectivity index (χ0v) is 34.8. The molecule has 0 N–H and O–H groups in total. The zero-order chi connectivity index (χ0) is 40.1. The Morgan fingerprint density at radius 3 is 1.36 bits per heavy atom. The summed E-state index contributed by atoms with van der Waals surface area (Å²) in [5.74, 6) is 3.02. The van der Waals surface area contributed by atoms with Crippen LogP contribution in [0.15, 0.2) is 0 Å². The molecule has 2 saturated heterocycles. The van der Waals surface area contributed by atoms with E-state index < -0.39 is 24.6 Å². The first-order chi connectivity index (χ1) is 24.9. The molecule has 0 aromatic heterocycles. The standard InChI is InChI=1S/C13H22O.C12H18B10O2.C7H14O2.C5H10O/c1-3-13(10(2)14,8-11-4-5-11)9-12-6-7-12;1-8(23)12(9(2)24,5-10-3-4-10)6-11-7-18(11)22(20(15)16)21(17)19(13)14;1-3-7(4-2)8-5-6-9-7;1-3-5(6)4-2/h11-12H,3-9H2,1-2H3;10-11H,3-7H2,1-2H3;3-6H2,1-2H3;3-4H2,1-2H3. The van der Waals surface area contributed by atoms with Gasteiger partial charge in [-0.15, -0.1) is 0 Å². The topological polar surface area (TPSA) is 86.7 Å². The Kier molecular flexibility index (Phi) is 20.3. The molecule has 5 fully saturated rings. The van der Waals surface area contributed by atoms with Crippen molar-refractivity contribution in [1.29, 1.82) is 0 Å². The minimum atomic E-state index is -0.862. The smallest absolute Gasteiger partial charge is 0.167 e. The van der Waals surface area contributed by atoms with E-state index in [-0.39, 0.29) is 41.6 Å². The van der Waals surface area contributed by atoms with Gasteiger partial charge in [-0.1, -0.05) is 85.3 Å². The molecule has 6 nitrogen and oxygen atoms in total. The molecule has 0 spiro atoms. The third-order valence-corrected chi connectivity index (χ3v) is 13.0. The van der Waals surface area contributed by atoms with E-state index in [0.29, 0.717) is 43.2 Å². The van der Waals surface area contributed by atoms with Gasteiger partial charge in [0.15, 0.2) is 5.79 Å². The molecule has 5 aliphatic rings. The third-order valence-electron chi connectivity index (χ3n) is 13.0. The van der Waals surface area contributed by atoms with Crippen molar-refractivity contribution in [2.45, 2.75) is 170 Å². The molecule has 2 heterocycles. The number of ketones is 4. The monoisotopic (exact) mass is 715 g/mol. The summed E-state index contributed by atoms with van der Waals surface area (Å²) in [6.45, 7) is 16.7. The number of carbonyl (C=O) groups excluding carboxylic acids is 4. The molecule has 2 aliphatic heterocycles. The van der Waals surface area contributed by atoms with Gasteiger partial charge < -0.3 is 9.47 Å². The molecule has 1 unspecified atom stereocenters. The maximum absolute atomic E-state index is 12.4. The lowest BCUT2D eigenvalue weighted by atomic mass is 8.57. The van der Waals surface area contributed by atoms with Crippen LogP contribution < -0.4 is 0 Å². The predicted octanol–water partition coefficient (Wildman–Crippen LogP) is 5.34. The summed E-state index contributed by atoms with van der Waals surface area (Å²) in [4.78, 5) is 46.7. The van der Waals surface area contributed by atoms with Crippen LogP contribution in [0, 0.1) is 28.6 Å². The van der Waals surface area contributed by atoms with E-state index in [1.165, 1.54) is 52.4 Å². The Morgan fingerprint density at radius 1 is 0.660 bits per heavy atom. The SMILES string of the molecule is CCC(=O)CC.CCC(CC1CC1)(CC1CC1)C(C)=O.CCC1(CC)OCCO1.[B]B([B])B([B])B(B([B])[B])B1CC1CC(CC1CC1)(C(C)=O)C(C)=O. The van der Waals surface area contributed by atoms with Crippen molar-refractivity contribution in [1.82, 2.24) is 0 Å². The Hall–Kier alpha value is -0.751. The quantitative estimate of drug-likeness (QED) is 0.125. The first kappa shape index (κ1) is 48.4. The normalized spacial score (nSPS) is 19.9. The van der Waals surface area contributed by atoms with Gasteiger partial charge in [-0.3, -0.25) is 19.2 Å². The molecule has 1 atom stereocenters. The number of carbonyl (C=O) groups is 4. The molecule has 16 heteroatoms. The molecule has 5 rings (SSSR count). The molecular formula is C37H64B10O6. The van der Waals surface area contributed by atoms with Gasteiger partial charge in [0.2, 0.25) is 0 Å². The molecular weight excluding hydrogens is 649 g/mol. The Balaban J connectivity index is 0.000000280. The second-order valence-corrected chi connectivity index (χ2v) is 17.1. The van der Waals surface area contributed by atoms with Crippen molar-refractivity contribution in [3.8, 4) is 0 Å². The largest absolute Gasteiger partial charge is 0.348 e. The Morgan fingerprint density at radius 2 is 1.09 bits per heavy atom. The lowest BCUT2D eigenvalue weighted by Crippen LogP contribution is -2.63. The van der Waals surface area contributed by atoms with Crippen molar-refractivity contribution in [3.05, 3.63) is 0 Å². The highest BCUT2D eigenvalue weighted by atomic mass is 16.7. The fraction of sp³-hybridized carbons (Fsp3) is 0.892. The molecule has 0 amide bonds. The molecule has 10 radical (unpaired) electrons. The van der Waals surface area contributed by atoms with E-state index >= 15 is 0 Å². The maximum atomic E-state index is 12.4. The highest BCUT2D eigenvalue weighted by molar-refractivity contribution is 8.01. The highest BCUT2D eigenvalue weighted by Crippen LogP contribution is 2.53. The van der Waals surface area contributed by atoms with Crippen LogP contribution in [-0.2, 0) is 28.7 Å². The van der Waals surface area contributed by atoms with Crippen LogP contribution in [0.25, 0.3) is 0 Å². The van der Waals surface area contributed by atoms with Crippen LogP contribution in [0.4, 0.5) is 0 Å². The Labute approximate surface area is 332 Å². The summed E-state index contributed by atoms with van der Waals surface area (Å²) in [7, 11) is 29.3. The van der Waals surface area contributed by atoms with E-state index in [9.17, 15) is 19.2 Å². The predicted molar refractivity (Wildman–Crippen MR) is 231 cm³/mol. The summed E-state index contributed by atoms with van der Waals surface area (Å²) < 4.78 is 10.8. The van der Waals surface area contributed by atoms with Gasteiger partial charge in [0, 0.05) is 82.5 Å². The van der Waals surface area contributed by atoms with E-state index in [1.807, 2.05) is 20.8 Å². The second kappa shape index (κ2) is 22.3. The number of hydrogen-bond acceptors (Lipinski definition) is 6. The van der Waals surface area contributed by atoms with Gasteiger partial charge in [0.05, 0.1) is 25.2 Å². The third kappa shape index (κ3) is 15.3.